The number of carbonyl (C=O) groups excluding carboxylic acids is 1. The summed E-state index contributed by atoms with van der Waals surface area (Å²) in [5.41, 5.74) is 11.6. The number of carbonyl (C=O) groups is 1. The van der Waals surface area contributed by atoms with Gasteiger partial charge in [-0.15, -0.1) is 0 Å². The molecule has 1 aromatic carbocycles. The zero-order chi connectivity index (χ0) is 12.1. The average molecular weight is 224 g/mol. The predicted octanol–water partition coefficient (Wildman–Crippen LogP) is 0.579. The lowest BCUT2D eigenvalue weighted by Crippen LogP contribution is -2.21. The molecule has 0 bridgehead atoms. The van der Waals surface area contributed by atoms with E-state index in [9.17, 15) is 4.79 Å². The molecule has 0 fully saturated rings. The van der Waals surface area contributed by atoms with E-state index in [1.54, 1.807) is 25.3 Å². The summed E-state index contributed by atoms with van der Waals surface area (Å²) in [5.74, 6) is 0.635. The number of nitrogens with two attached hydrogens (primary N) is 2. The van der Waals surface area contributed by atoms with Crippen molar-refractivity contribution in [3.05, 3.63) is 23.8 Å². The normalized spacial score (nSPS) is 11.9. The summed E-state index contributed by atoms with van der Waals surface area (Å²) < 4.78 is 10.3. The van der Waals surface area contributed by atoms with Gasteiger partial charge in [0.1, 0.15) is 11.5 Å². The molecule has 0 heterocycles. The van der Waals surface area contributed by atoms with Crippen LogP contribution < -0.4 is 20.9 Å². The molecule has 0 spiro atoms. The minimum Gasteiger partial charge on any atom is -0.497 e. The third-order valence-corrected chi connectivity index (χ3v) is 2.08. The Morgan fingerprint density at radius 2 is 2.19 bits per heavy atom. The highest BCUT2D eigenvalue weighted by Crippen LogP contribution is 2.28. The van der Waals surface area contributed by atoms with Gasteiger partial charge in [-0.1, -0.05) is 6.07 Å². The highest BCUT2D eigenvalue weighted by atomic mass is 16.5. The molecular formula is C11H16N2O3. The first-order valence-corrected chi connectivity index (χ1v) is 4.89. The SMILES string of the molecule is COc1ccc([C@H](C)N)c(OCC(N)=O)c1. The average Bonchev–Trinajstić information content (AvgIpc) is 2.25. The van der Waals surface area contributed by atoms with E-state index in [1.165, 1.54) is 0 Å². The number of methoxy groups -OCH3 is 1. The van der Waals surface area contributed by atoms with Crippen molar-refractivity contribution in [2.24, 2.45) is 11.5 Å². The zero-order valence-corrected chi connectivity index (χ0v) is 9.40. The van der Waals surface area contributed by atoms with Crippen LogP contribution in [0.3, 0.4) is 0 Å². The van der Waals surface area contributed by atoms with Crippen LogP contribution in [0, 0.1) is 0 Å². The summed E-state index contributed by atoms with van der Waals surface area (Å²) in [5, 5.41) is 0. The van der Waals surface area contributed by atoms with Gasteiger partial charge in [0, 0.05) is 17.7 Å². The monoisotopic (exact) mass is 224 g/mol. The van der Waals surface area contributed by atoms with Crippen LogP contribution in [0.1, 0.15) is 18.5 Å². The summed E-state index contributed by atoms with van der Waals surface area (Å²) in [7, 11) is 1.55. The fourth-order valence-corrected chi connectivity index (χ4v) is 1.29. The lowest BCUT2D eigenvalue weighted by molar-refractivity contribution is -0.119. The van der Waals surface area contributed by atoms with Crippen LogP contribution in [0.25, 0.3) is 0 Å². The largest absolute Gasteiger partial charge is 0.497 e. The van der Waals surface area contributed by atoms with Crippen LogP contribution in [-0.2, 0) is 4.79 Å². The van der Waals surface area contributed by atoms with Gasteiger partial charge in [-0.25, -0.2) is 0 Å². The molecular weight excluding hydrogens is 208 g/mol. The van der Waals surface area contributed by atoms with E-state index in [0.29, 0.717) is 11.5 Å². The minimum absolute atomic E-state index is 0.174. The molecule has 1 aromatic rings. The molecule has 0 radical (unpaired) electrons. The van der Waals surface area contributed by atoms with Crippen molar-refractivity contribution in [1.29, 1.82) is 0 Å². The van der Waals surface area contributed by atoms with Crippen molar-refractivity contribution in [3.8, 4) is 11.5 Å². The molecule has 0 aliphatic heterocycles. The molecule has 0 saturated carbocycles. The number of ether oxygens (including phenoxy) is 2. The van der Waals surface area contributed by atoms with Gasteiger partial charge < -0.3 is 20.9 Å². The Balaban J connectivity index is 2.95. The smallest absolute Gasteiger partial charge is 0.255 e. The van der Waals surface area contributed by atoms with Crippen molar-refractivity contribution < 1.29 is 14.3 Å². The van der Waals surface area contributed by atoms with E-state index in [2.05, 4.69) is 0 Å². The molecule has 1 atom stereocenters. The number of benzene rings is 1. The molecule has 5 heteroatoms. The molecule has 0 saturated heterocycles. The molecule has 1 amide bonds. The van der Waals surface area contributed by atoms with E-state index in [0.717, 1.165) is 5.56 Å². The van der Waals surface area contributed by atoms with Gasteiger partial charge in [0.25, 0.3) is 5.91 Å². The standard InChI is InChI=1S/C11H16N2O3/c1-7(12)9-4-3-8(15-2)5-10(9)16-6-11(13)14/h3-5,7H,6,12H2,1-2H3,(H2,13,14)/t7-/m0/s1. The molecule has 0 aliphatic carbocycles. The lowest BCUT2D eigenvalue weighted by Gasteiger charge is -2.14. The Labute approximate surface area is 94.3 Å². The van der Waals surface area contributed by atoms with Crippen LogP contribution >= 0.6 is 0 Å². The van der Waals surface area contributed by atoms with Gasteiger partial charge in [0.05, 0.1) is 7.11 Å². The lowest BCUT2D eigenvalue weighted by atomic mass is 10.1. The molecule has 0 unspecified atom stereocenters. The van der Waals surface area contributed by atoms with E-state index in [-0.39, 0.29) is 12.6 Å². The van der Waals surface area contributed by atoms with E-state index in [4.69, 9.17) is 20.9 Å². The quantitative estimate of drug-likeness (QED) is 0.765. The molecule has 88 valence electrons. The van der Waals surface area contributed by atoms with Gasteiger partial charge in [-0.3, -0.25) is 4.79 Å². The molecule has 1 rings (SSSR count). The van der Waals surface area contributed by atoms with Crippen molar-refractivity contribution in [2.45, 2.75) is 13.0 Å². The Morgan fingerprint density at radius 3 is 2.69 bits per heavy atom. The molecule has 16 heavy (non-hydrogen) atoms. The summed E-state index contributed by atoms with van der Waals surface area (Å²) in [4.78, 5) is 10.6. The Kier molecular flexibility index (Phi) is 4.13. The first kappa shape index (κ1) is 12.3. The maximum absolute atomic E-state index is 10.6. The van der Waals surface area contributed by atoms with Gasteiger partial charge in [-0.2, -0.15) is 0 Å². The molecule has 0 aromatic heterocycles. The Hall–Kier alpha value is -1.75. The number of hydrogen-bond donors (Lipinski definition) is 2. The second-order valence-corrected chi connectivity index (χ2v) is 3.45. The third kappa shape index (κ3) is 3.13. The minimum atomic E-state index is -0.529. The summed E-state index contributed by atoms with van der Waals surface area (Å²) in [6.07, 6.45) is 0. The van der Waals surface area contributed by atoms with Gasteiger partial charge in [-0.05, 0) is 13.0 Å². The predicted molar refractivity (Wildman–Crippen MR) is 60.3 cm³/mol. The summed E-state index contributed by atoms with van der Waals surface area (Å²) in [6, 6.07) is 5.09. The third-order valence-electron chi connectivity index (χ3n) is 2.08. The number of primary amides is 1. The van der Waals surface area contributed by atoms with Crippen molar-refractivity contribution >= 4 is 5.91 Å². The van der Waals surface area contributed by atoms with Crippen LogP contribution in [0.5, 0.6) is 11.5 Å². The zero-order valence-electron chi connectivity index (χ0n) is 9.40. The van der Waals surface area contributed by atoms with E-state index < -0.39 is 5.91 Å². The first-order chi connectivity index (χ1) is 7.54. The summed E-state index contributed by atoms with van der Waals surface area (Å²) >= 11 is 0. The first-order valence-electron chi connectivity index (χ1n) is 4.89. The molecule has 5 nitrogen and oxygen atoms in total. The van der Waals surface area contributed by atoms with Crippen molar-refractivity contribution in [3.63, 3.8) is 0 Å². The Morgan fingerprint density at radius 1 is 1.50 bits per heavy atom. The number of rotatable bonds is 5. The number of amides is 1. The highest BCUT2D eigenvalue weighted by molar-refractivity contribution is 5.75. The second kappa shape index (κ2) is 5.37. The fraction of sp³-hybridized carbons (Fsp3) is 0.364. The van der Waals surface area contributed by atoms with Crippen LogP contribution in [0.2, 0.25) is 0 Å². The second-order valence-electron chi connectivity index (χ2n) is 3.45. The van der Waals surface area contributed by atoms with Crippen LogP contribution in [0.15, 0.2) is 18.2 Å². The van der Waals surface area contributed by atoms with Gasteiger partial charge >= 0.3 is 0 Å². The highest BCUT2D eigenvalue weighted by Gasteiger charge is 2.10. The van der Waals surface area contributed by atoms with Gasteiger partial charge in [0.2, 0.25) is 0 Å². The summed E-state index contributed by atoms with van der Waals surface area (Å²) in [6.45, 7) is 1.66. The van der Waals surface area contributed by atoms with Crippen LogP contribution in [0.4, 0.5) is 0 Å². The number of hydrogen-bond acceptors (Lipinski definition) is 4. The fourth-order valence-electron chi connectivity index (χ4n) is 1.29. The maximum atomic E-state index is 10.6. The van der Waals surface area contributed by atoms with Crippen molar-refractivity contribution in [1.82, 2.24) is 0 Å². The van der Waals surface area contributed by atoms with Crippen LogP contribution in [-0.4, -0.2) is 19.6 Å². The topological polar surface area (TPSA) is 87.6 Å². The van der Waals surface area contributed by atoms with Gasteiger partial charge in [0.15, 0.2) is 6.61 Å². The molecule has 4 N–H and O–H groups in total. The van der Waals surface area contributed by atoms with Crippen molar-refractivity contribution in [2.75, 3.05) is 13.7 Å². The van der Waals surface area contributed by atoms with E-state index in [1.807, 2.05) is 6.92 Å². The van der Waals surface area contributed by atoms with E-state index >= 15 is 0 Å². The molecule has 0 aliphatic rings. The Bertz CT molecular complexity index is 377. The maximum Gasteiger partial charge on any atom is 0.255 e.